The van der Waals surface area contributed by atoms with Crippen LogP contribution >= 0.6 is 11.3 Å². The largest absolute Gasteiger partial charge is 0.329 e. The van der Waals surface area contributed by atoms with Gasteiger partial charge in [0.1, 0.15) is 0 Å². The van der Waals surface area contributed by atoms with Gasteiger partial charge in [0.05, 0.1) is 0 Å². The first-order chi connectivity index (χ1) is 6.81. The lowest BCUT2D eigenvalue weighted by Gasteiger charge is -2.27. The highest BCUT2D eigenvalue weighted by Crippen LogP contribution is 2.30. The molecule has 1 fully saturated rings. The highest BCUT2D eigenvalue weighted by Gasteiger charge is 2.31. The molecular formula is C11H18N2S. The minimum Gasteiger partial charge on any atom is -0.329 e. The summed E-state index contributed by atoms with van der Waals surface area (Å²) in [5, 5.41) is 2.15. The first-order valence-electron chi connectivity index (χ1n) is 5.29. The number of thiophene rings is 1. The number of nitrogens with zero attached hydrogens (tertiary/aromatic N) is 1. The molecule has 0 bridgehead atoms. The normalized spacial score (nSPS) is 18.8. The molecule has 1 aliphatic rings. The van der Waals surface area contributed by atoms with Crippen molar-refractivity contribution in [1.29, 1.82) is 0 Å². The smallest absolute Gasteiger partial charge is 0.0334 e. The van der Waals surface area contributed by atoms with Crippen molar-refractivity contribution in [3.63, 3.8) is 0 Å². The van der Waals surface area contributed by atoms with Crippen molar-refractivity contribution in [1.82, 2.24) is 4.90 Å². The van der Waals surface area contributed by atoms with Crippen molar-refractivity contribution in [3.8, 4) is 0 Å². The summed E-state index contributed by atoms with van der Waals surface area (Å²) in [6.07, 6.45) is 2.71. The predicted molar refractivity (Wildman–Crippen MR) is 61.4 cm³/mol. The van der Waals surface area contributed by atoms with Crippen molar-refractivity contribution in [2.24, 2.45) is 5.73 Å². The van der Waals surface area contributed by atoms with Crippen molar-refractivity contribution < 1.29 is 0 Å². The molecule has 0 radical (unpaired) electrons. The van der Waals surface area contributed by atoms with Crippen LogP contribution in [0.3, 0.4) is 0 Å². The summed E-state index contributed by atoms with van der Waals surface area (Å²) >= 11 is 1.84. The fraction of sp³-hybridized carbons (Fsp3) is 0.636. The Morgan fingerprint density at radius 3 is 2.93 bits per heavy atom. The van der Waals surface area contributed by atoms with E-state index in [9.17, 15) is 0 Å². The molecule has 2 N–H and O–H groups in total. The first kappa shape index (κ1) is 10.1. The predicted octanol–water partition coefficient (Wildman–Crippen LogP) is 2.06. The summed E-state index contributed by atoms with van der Waals surface area (Å²) < 4.78 is 0. The summed E-state index contributed by atoms with van der Waals surface area (Å²) in [6.45, 7) is 4.08. The Kier molecular flexibility index (Phi) is 3.21. The van der Waals surface area contributed by atoms with Crippen LogP contribution in [-0.4, -0.2) is 23.5 Å². The van der Waals surface area contributed by atoms with Gasteiger partial charge in [0.15, 0.2) is 0 Å². The molecule has 78 valence electrons. The van der Waals surface area contributed by atoms with Gasteiger partial charge in [0.25, 0.3) is 0 Å². The Hall–Kier alpha value is -0.380. The van der Waals surface area contributed by atoms with E-state index in [-0.39, 0.29) is 0 Å². The zero-order valence-electron chi connectivity index (χ0n) is 8.65. The molecule has 0 saturated heterocycles. The monoisotopic (exact) mass is 210 g/mol. The molecule has 1 heterocycles. The molecule has 1 aromatic heterocycles. The Morgan fingerprint density at radius 1 is 1.64 bits per heavy atom. The number of hydrogen-bond acceptors (Lipinski definition) is 3. The van der Waals surface area contributed by atoms with E-state index < -0.39 is 0 Å². The second kappa shape index (κ2) is 4.43. The molecule has 0 spiro atoms. The first-order valence-corrected chi connectivity index (χ1v) is 6.17. The second-order valence-corrected chi connectivity index (χ2v) is 5.10. The molecular weight excluding hydrogens is 192 g/mol. The van der Waals surface area contributed by atoms with Gasteiger partial charge in [-0.3, -0.25) is 4.90 Å². The van der Waals surface area contributed by atoms with Crippen LogP contribution in [0.25, 0.3) is 0 Å². The average Bonchev–Trinajstić information content (AvgIpc) is 2.92. The van der Waals surface area contributed by atoms with E-state index in [0.717, 1.165) is 19.1 Å². The molecule has 2 rings (SSSR count). The van der Waals surface area contributed by atoms with Gasteiger partial charge in [-0.05, 0) is 31.2 Å². The molecule has 0 amide bonds. The van der Waals surface area contributed by atoms with Crippen molar-refractivity contribution in [3.05, 3.63) is 22.4 Å². The molecule has 1 aliphatic carbocycles. The second-order valence-electron chi connectivity index (χ2n) is 4.07. The summed E-state index contributed by atoms with van der Waals surface area (Å²) in [5.74, 6) is 0. The topological polar surface area (TPSA) is 29.3 Å². The van der Waals surface area contributed by atoms with Crippen LogP contribution in [0, 0.1) is 0 Å². The molecule has 0 aromatic carbocycles. The maximum atomic E-state index is 5.73. The third kappa shape index (κ3) is 2.35. The summed E-state index contributed by atoms with van der Waals surface area (Å²) in [5.41, 5.74) is 5.73. The van der Waals surface area contributed by atoms with Gasteiger partial charge in [-0.25, -0.2) is 0 Å². The Balaban J connectivity index is 1.97. The lowest BCUT2D eigenvalue weighted by Crippen LogP contribution is -2.39. The van der Waals surface area contributed by atoms with Crippen LogP contribution in [0.4, 0.5) is 0 Å². The Morgan fingerprint density at radius 2 is 2.43 bits per heavy atom. The van der Waals surface area contributed by atoms with E-state index in [1.165, 1.54) is 17.7 Å². The average molecular weight is 210 g/mol. The van der Waals surface area contributed by atoms with Gasteiger partial charge in [0, 0.05) is 30.1 Å². The molecule has 2 nitrogen and oxygen atoms in total. The van der Waals surface area contributed by atoms with Crippen molar-refractivity contribution in [2.45, 2.75) is 38.4 Å². The molecule has 14 heavy (non-hydrogen) atoms. The van der Waals surface area contributed by atoms with Crippen LogP contribution in [0.1, 0.15) is 24.6 Å². The van der Waals surface area contributed by atoms with Crippen LogP contribution in [0.2, 0.25) is 0 Å². The number of rotatable bonds is 5. The zero-order valence-corrected chi connectivity index (χ0v) is 9.46. The van der Waals surface area contributed by atoms with Crippen molar-refractivity contribution >= 4 is 11.3 Å². The van der Waals surface area contributed by atoms with Crippen LogP contribution < -0.4 is 5.73 Å². The van der Waals surface area contributed by atoms with E-state index in [0.29, 0.717) is 6.04 Å². The fourth-order valence-electron chi connectivity index (χ4n) is 1.77. The minimum atomic E-state index is 0.518. The van der Waals surface area contributed by atoms with Crippen LogP contribution in [-0.2, 0) is 6.54 Å². The summed E-state index contributed by atoms with van der Waals surface area (Å²) in [4.78, 5) is 4.00. The van der Waals surface area contributed by atoms with E-state index in [2.05, 4.69) is 29.3 Å². The molecule has 1 atom stereocenters. The van der Waals surface area contributed by atoms with Crippen molar-refractivity contribution in [2.75, 3.05) is 6.54 Å². The Labute approximate surface area is 89.7 Å². The molecule has 1 aromatic rings. The minimum absolute atomic E-state index is 0.518. The van der Waals surface area contributed by atoms with E-state index in [1.807, 2.05) is 11.3 Å². The van der Waals surface area contributed by atoms with E-state index in [1.54, 1.807) is 0 Å². The summed E-state index contributed by atoms with van der Waals surface area (Å²) in [7, 11) is 0. The van der Waals surface area contributed by atoms with Crippen LogP contribution in [0.15, 0.2) is 17.5 Å². The van der Waals surface area contributed by atoms with E-state index >= 15 is 0 Å². The number of nitrogens with two attached hydrogens (primary N) is 1. The van der Waals surface area contributed by atoms with Gasteiger partial charge in [-0.1, -0.05) is 6.07 Å². The lowest BCUT2D eigenvalue weighted by atomic mass is 10.2. The fourth-order valence-corrected chi connectivity index (χ4v) is 2.48. The zero-order chi connectivity index (χ0) is 9.97. The van der Waals surface area contributed by atoms with E-state index in [4.69, 9.17) is 5.73 Å². The van der Waals surface area contributed by atoms with Gasteiger partial charge < -0.3 is 5.73 Å². The Bertz CT molecular complexity index is 267. The maximum Gasteiger partial charge on any atom is 0.0334 e. The van der Waals surface area contributed by atoms with Crippen LogP contribution in [0.5, 0.6) is 0 Å². The third-order valence-electron chi connectivity index (χ3n) is 2.84. The molecule has 3 heteroatoms. The third-order valence-corrected chi connectivity index (χ3v) is 3.70. The van der Waals surface area contributed by atoms with Gasteiger partial charge in [-0.15, -0.1) is 11.3 Å². The number of hydrogen-bond donors (Lipinski definition) is 1. The highest BCUT2D eigenvalue weighted by atomic mass is 32.1. The van der Waals surface area contributed by atoms with Gasteiger partial charge in [0.2, 0.25) is 0 Å². The molecule has 1 saturated carbocycles. The SMILES string of the molecule is CC(CN)N(Cc1cccs1)C1CC1. The highest BCUT2D eigenvalue weighted by molar-refractivity contribution is 7.09. The van der Waals surface area contributed by atoms with Gasteiger partial charge >= 0.3 is 0 Å². The standard InChI is InChI=1S/C11H18N2S/c1-9(7-12)13(10-4-5-10)8-11-3-2-6-14-11/h2-3,6,9-10H,4-5,7-8,12H2,1H3. The molecule has 0 aliphatic heterocycles. The lowest BCUT2D eigenvalue weighted by molar-refractivity contribution is 0.195. The maximum absolute atomic E-state index is 5.73. The summed E-state index contributed by atoms with van der Waals surface area (Å²) in [6, 6.07) is 5.65. The molecule has 1 unspecified atom stereocenters. The quantitative estimate of drug-likeness (QED) is 0.806. The van der Waals surface area contributed by atoms with Gasteiger partial charge in [-0.2, -0.15) is 0 Å².